The molecular weight excluding hydrogens is 277 g/mol. The Labute approximate surface area is 122 Å². The molecule has 0 unspecified atom stereocenters. The van der Waals surface area contributed by atoms with Crippen LogP contribution >= 0.6 is 11.6 Å². The van der Waals surface area contributed by atoms with E-state index in [-0.39, 0.29) is 5.82 Å². The first kappa shape index (κ1) is 13.3. The van der Waals surface area contributed by atoms with Crippen LogP contribution in [0.2, 0.25) is 5.02 Å². The second-order valence-electron chi connectivity index (χ2n) is 5.14. The number of hydrogen-bond acceptors (Lipinski definition) is 2. The smallest absolute Gasteiger partial charge is 0.137 e. The van der Waals surface area contributed by atoms with Crippen LogP contribution in [0.3, 0.4) is 0 Å². The van der Waals surface area contributed by atoms with Crippen molar-refractivity contribution in [3.05, 3.63) is 58.9 Å². The molecule has 2 aromatic rings. The SMILES string of the molecule is Nc1ccc(OC2(c3ccc(Cl)cc3F)CCC2)cc1. The minimum Gasteiger partial charge on any atom is -0.482 e. The molecule has 0 bridgehead atoms. The van der Waals surface area contributed by atoms with Gasteiger partial charge in [-0.25, -0.2) is 4.39 Å². The van der Waals surface area contributed by atoms with E-state index in [2.05, 4.69) is 0 Å². The highest BCUT2D eigenvalue weighted by Crippen LogP contribution is 2.46. The summed E-state index contributed by atoms with van der Waals surface area (Å²) in [5, 5.41) is 0.396. The third-order valence-electron chi connectivity index (χ3n) is 3.78. The number of nitrogens with two attached hydrogens (primary N) is 1. The average molecular weight is 292 g/mol. The maximum absolute atomic E-state index is 14.1. The van der Waals surface area contributed by atoms with E-state index in [0.717, 1.165) is 19.3 Å². The minimum absolute atomic E-state index is 0.312. The van der Waals surface area contributed by atoms with Crippen LogP contribution in [0, 0.1) is 5.82 Å². The Morgan fingerprint density at radius 1 is 1.10 bits per heavy atom. The Morgan fingerprint density at radius 2 is 1.80 bits per heavy atom. The first-order valence-corrected chi connectivity index (χ1v) is 6.97. The number of rotatable bonds is 3. The highest BCUT2D eigenvalue weighted by Gasteiger charge is 2.43. The summed E-state index contributed by atoms with van der Waals surface area (Å²) in [5.41, 5.74) is 6.33. The van der Waals surface area contributed by atoms with Crippen molar-refractivity contribution in [2.45, 2.75) is 24.9 Å². The van der Waals surface area contributed by atoms with Crippen LogP contribution in [0.25, 0.3) is 0 Å². The fourth-order valence-corrected chi connectivity index (χ4v) is 2.70. The molecule has 1 saturated carbocycles. The number of benzene rings is 2. The van der Waals surface area contributed by atoms with Crippen LogP contribution in [0.5, 0.6) is 5.75 Å². The lowest BCUT2D eigenvalue weighted by Gasteiger charge is -2.42. The Balaban J connectivity index is 1.93. The molecule has 1 fully saturated rings. The molecule has 0 radical (unpaired) electrons. The monoisotopic (exact) mass is 291 g/mol. The summed E-state index contributed by atoms with van der Waals surface area (Å²) in [6.45, 7) is 0. The minimum atomic E-state index is -0.579. The van der Waals surface area contributed by atoms with Crippen molar-refractivity contribution in [1.82, 2.24) is 0 Å². The predicted octanol–water partition coefficient (Wildman–Crippen LogP) is 4.52. The quantitative estimate of drug-likeness (QED) is 0.844. The van der Waals surface area contributed by atoms with E-state index in [1.165, 1.54) is 6.07 Å². The lowest BCUT2D eigenvalue weighted by atomic mass is 9.74. The molecule has 2 aromatic carbocycles. The van der Waals surface area contributed by atoms with Gasteiger partial charge < -0.3 is 10.5 Å². The van der Waals surface area contributed by atoms with E-state index in [1.807, 2.05) is 12.1 Å². The molecule has 4 heteroatoms. The third kappa shape index (κ3) is 2.34. The van der Waals surface area contributed by atoms with Crippen LogP contribution in [0.15, 0.2) is 42.5 Å². The second kappa shape index (κ2) is 4.98. The molecule has 0 amide bonds. The molecule has 2 nitrogen and oxygen atoms in total. The predicted molar refractivity (Wildman–Crippen MR) is 78.4 cm³/mol. The molecule has 20 heavy (non-hydrogen) atoms. The van der Waals surface area contributed by atoms with Crippen molar-refractivity contribution in [2.75, 3.05) is 5.73 Å². The normalized spacial score (nSPS) is 16.5. The number of anilines is 1. The van der Waals surface area contributed by atoms with Gasteiger partial charge in [-0.3, -0.25) is 0 Å². The van der Waals surface area contributed by atoms with Crippen LogP contribution < -0.4 is 10.5 Å². The van der Waals surface area contributed by atoms with Gasteiger partial charge in [-0.05, 0) is 55.7 Å². The lowest BCUT2D eigenvalue weighted by Crippen LogP contribution is -2.41. The van der Waals surface area contributed by atoms with E-state index in [1.54, 1.807) is 24.3 Å². The zero-order valence-electron chi connectivity index (χ0n) is 10.9. The topological polar surface area (TPSA) is 35.2 Å². The summed E-state index contributed by atoms with van der Waals surface area (Å²) >= 11 is 5.81. The van der Waals surface area contributed by atoms with Crippen LogP contribution in [-0.4, -0.2) is 0 Å². The molecule has 1 aliphatic rings. The zero-order valence-corrected chi connectivity index (χ0v) is 11.7. The van der Waals surface area contributed by atoms with Crippen molar-refractivity contribution < 1.29 is 9.13 Å². The van der Waals surface area contributed by atoms with Gasteiger partial charge in [-0.15, -0.1) is 0 Å². The average Bonchev–Trinajstić information content (AvgIpc) is 2.37. The highest BCUT2D eigenvalue weighted by atomic mass is 35.5. The molecule has 0 atom stereocenters. The molecule has 0 aromatic heterocycles. The molecule has 3 rings (SSSR count). The van der Waals surface area contributed by atoms with Crippen molar-refractivity contribution in [1.29, 1.82) is 0 Å². The number of nitrogen functional groups attached to an aromatic ring is 1. The van der Waals surface area contributed by atoms with Gasteiger partial charge in [0.05, 0.1) is 0 Å². The molecule has 2 N–H and O–H groups in total. The van der Waals surface area contributed by atoms with Gasteiger partial charge in [-0.2, -0.15) is 0 Å². The highest BCUT2D eigenvalue weighted by molar-refractivity contribution is 6.30. The fourth-order valence-electron chi connectivity index (χ4n) is 2.54. The molecule has 1 aliphatic carbocycles. The third-order valence-corrected chi connectivity index (χ3v) is 4.01. The summed E-state index contributed by atoms with van der Waals surface area (Å²) in [5.74, 6) is 0.390. The van der Waals surface area contributed by atoms with E-state index in [0.29, 0.717) is 22.0 Å². The van der Waals surface area contributed by atoms with Crippen molar-refractivity contribution in [3.63, 3.8) is 0 Å². The maximum Gasteiger partial charge on any atom is 0.137 e. The summed E-state index contributed by atoms with van der Waals surface area (Å²) in [6.07, 6.45) is 2.63. The second-order valence-corrected chi connectivity index (χ2v) is 5.58. The van der Waals surface area contributed by atoms with Crippen LogP contribution in [0.4, 0.5) is 10.1 Å². The first-order valence-electron chi connectivity index (χ1n) is 6.59. The Bertz CT molecular complexity index is 623. The number of ether oxygens (including phenoxy) is 1. The zero-order chi connectivity index (χ0) is 14.2. The summed E-state index contributed by atoms with van der Waals surface area (Å²) in [4.78, 5) is 0. The van der Waals surface area contributed by atoms with Gasteiger partial charge in [0.15, 0.2) is 0 Å². The van der Waals surface area contributed by atoms with Crippen molar-refractivity contribution in [3.8, 4) is 5.75 Å². The van der Waals surface area contributed by atoms with Crippen molar-refractivity contribution >= 4 is 17.3 Å². The van der Waals surface area contributed by atoms with Crippen LogP contribution in [0.1, 0.15) is 24.8 Å². The molecule has 0 saturated heterocycles. The largest absolute Gasteiger partial charge is 0.482 e. The maximum atomic E-state index is 14.1. The number of halogens is 2. The summed E-state index contributed by atoms with van der Waals surface area (Å²) in [6, 6.07) is 11.9. The van der Waals surface area contributed by atoms with Gasteiger partial charge in [0.1, 0.15) is 17.2 Å². The van der Waals surface area contributed by atoms with Gasteiger partial charge in [0, 0.05) is 16.3 Å². The standard InChI is InChI=1S/C16H15ClFNO/c17-11-2-7-14(15(18)10-11)16(8-1-9-16)20-13-5-3-12(19)4-6-13/h2-7,10H,1,8-9,19H2. The molecule has 0 aliphatic heterocycles. The lowest BCUT2D eigenvalue weighted by molar-refractivity contribution is -0.0152. The molecular formula is C16H15ClFNO. The fraction of sp³-hybridized carbons (Fsp3) is 0.250. The van der Waals surface area contributed by atoms with E-state index in [4.69, 9.17) is 22.1 Å². The summed E-state index contributed by atoms with van der Waals surface area (Å²) in [7, 11) is 0. The Morgan fingerprint density at radius 3 is 2.35 bits per heavy atom. The van der Waals surface area contributed by atoms with E-state index < -0.39 is 5.60 Å². The van der Waals surface area contributed by atoms with E-state index in [9.17, 15) is 4.39 Å². The van der Waals surface area contributed by atoms with Gasteiger partial charge in [-0.1, -0.05) is 17.7 Å². The van der Waals surface area contributed by atoms with Gasteiger partial charge in [0.25, 0.3) is 0 Å². The molecule has 0 heterocycles. The van der Waals surface area contributed by atoms with Crippen LogP contribution in [-0.2, 0) is 5.60 Å². The van der Waals surface area contributed by atoms with Crippen molar-refractivity contribution in [2.24, 2.45) is 0 Å². The van der Waals surface area contributed by atoms with Gasteiger partial charge >= 0.3 is 0 Å². The number of hydrogen-bond donors (Lipinski definition) is 1. The first-order chi connectivity index (χ1) is 9.59. The Hall–Kier alpha value is -1.74. The van der Waals surface area contributed by atoms with E-state index >= 15 is 0 Å². The molecule has 104 valence electrons. The van der Waals surface area contributed by atoms with Gasteiger partial charge in [0.2, 0.25) is 0 Å². The Kier molecular flexibility index (Phi) is 3.30. The molecule has 0 spiro atoms. The summed E-state index contributed by atoms with van der Waals surface area (Å²) < 4.78 is 20.2.